The molecular formula is C15H19BrClN3S. The van der Waals surface area contributed by atoms with Crippen molar-refractivity contribution < 1.29 is 0 Å². The second kappa shape index (κ2) is 8.13. The van der Waals surface area contributed by atoms with E-state index in [2.05, 4.69) is 49.5 Å². The molecule has 6 heteroatoms. The number of rotatable bonds is 7. The van der Waals surface area contributed by atoms with Crippen molar-refractivity contribution in [1.82, 2.24) is 10.3 Å². The monoisotopic (exact) mass is 387 g/mol. The number of hydrogen-bond donors (Lipinski definition) is 1. The van der Waals surface area contributed by atoms with Crippen LogP contribution in [0.3, 0.4) is 0 Å². The first kappa shape index (κ1) is 16.7. The zero-order chi connectivity index (χ0) is 15.2. The lowest BCUT2D eigenvalue weighted by molar-refractivity contribution is 0.674. The third-order valence-corrected chi connectivity index (χ3v) is 4.97. The molecule has 0 aliphatic carbocycles. The molecule has 0 atom stereocenters. The summed E-state index contributed by atoms with van der Waals surface area (Å²) in [5.41, 5.74) is 1.12. The Labute approximate surface area is 143 Å². The van der Waals surface area contributed by atoms with Crippen molar-refractivity contribution in [3.05, 3.63) is 43.6 Å². The van der Waals surface area contributed by atoms with Crippen LogP contribution < -0.4 is 10.2 Å². The van der Waals surface area contributed by atoms with Crippen molar-refractivity contribution in [2.45, 2.75) is 26.4 Å². The largest absolute Gasteiger partial charge is 0.353 e. The summed E-state index contributed by atoms with van der Waals surface area (Å²) in [6.45, 7) is 4.77. The molecule has 3 nitrogen and oxygen atoms in total. The van der Waals surface area contributed by atoms with Crippen LogP contribution in [-0.4, -0.2) is 18.6 Å². The van der Waals surface area contributed by atoms with Crippen molar-refractivity contribution in [3.63, 3.8) is 0 Å². The van der Waals surface area contributed by atoms with Crippen LogP contribution in [0.15, 0.2) is 28.2 Å². The van der Waals surface area contributed by atoms with Crippen molar-refractivity contribution in [3.8, 4) is 0 Å². The van der Waals surface area contributed by atoms with Gasteiger partial charge in [0, 0.05) is 34.5 Å². The first-order valence-electron chi connectivity index (χ1n) is 6.89. The van der Waals surface area contributed by atoms with Gasteiger partial charge in [-0.25, -0.2) is 4.98 Å². The number of thiophene rings is 1. The Morgan fingerprint density at radius 3 is 2.86 bits per heavy atom. The summed E-state index contributed by atoms with van der Waals surface area (Å²) in [5.74, 6) is 0.820. The minimum atomic E-state index is 0.698. The number of anilines is 1. The standard InChI is InChI=1S/C15H19BrClN3S/c1-3-4-18-7-11-5-14(17)15(19-8-11)20(2)9-13-6-12(16)10-21-13/h5-6,8,10,18H,3-4,7,9H2,1-2H3. The predicted octanol–water partition coefficient (Wildman–Crippen LogP) is 4.70. The molecule has 1 N–H and O–H groups in total. The van der Waals surface area contributed by atoms with Gasteiger partial charge in [-0.05, 0) is 46.6 Å². The maximum atomic E-state index is 6.37. The average molecular weight is 389 g/mol. The second-order valence-electron chi connectivity index (χ2n) is 4.91. The smallest absolute Gasteiger partial charge is 0.147 e. The Hall–Kier alpha value is -0.620. The molecule has 0 radical (unpaired) electrons. The van der Waals surface area contributed by atoms with Gasteiger partial charge in [0.25, 0.3) is 0 Å². The second-order valence-corrected chi connectivity index (χ2v) is 7.23. The van der Waals surface area contributed by atoms with Crippen LogP contribution in [0.1, 0.15) is 23.8 Å². The SMILES string of the molecule is CCCNCc1cnc(N(C)Cc2cc(Br)cs2)c(Cl)c1. The number of hydrogen-bond acceptors (Lipinski definition) is 4. The van der Waals surface area contributed by atoms with Crippen LogP contribution in [0.5, 0.6) is 0 Å². The molecule has 2 aromatic rings. The fraction of sp³-hybridized carbons (Fsp3) is 0.400. The molecule has 0 saturated heterocycles. The quantitative estimate of drug-likeness (QED) is 0.697. The van der Waals surface area contributed by atoms with Gasteiger partial charge in [0.1, 0.15) is 5.82 Å². The number of nitrogens with zero attached hydrogens (tertiary/aromatic N) is 2. The number of halogens is 2. The normalized spacial score (nSPS) is 10.9. The van der Waals surface area contributed by atoms with Crippen LogP contribution in [0.2, 0.25) is 5.02 Å². The maximum absolute atomic E-state index is 6.37. The molecule has 21 heavy (non-hydrogen) atoms. The highest BCUT2D eigenvalue weighted by molar-refractivity contribution is 9.10. The first-order valence-corrected chi connectivity index (χ1v) is 8.94. The zero-order valence-corrected chi connectivity index (χ0v) is 15.4. The van der Waals surface area contributed by atoms with E-state index in [1.54, 1.807) is 11.3 Å². The van der Waals surface area contributed by atoms with Crippen LogP contribution in [0.4, 0.5) is 5.82 Å². The van der Waals surface area contributed by atoms with Gasteiger partial charge in [-0.2, -0.15) is 0 Å². The third-order valence-electron chi connectivity index (χ3n) is 3.01. The molecule has 0 fully saturated rings. The van der Waals surface area contributed by atoms with Crippen molar-refractivity contribution in [2.24, 2.45) is 0 Å². The molecule has 114 valence electrons. The van der Waals surface area contributed by atoms with E-state index in [-0.39, 0.29) is 0 Å². The number of aromatic nitrogens is 1. The Balaban J connectivity index is 2.02. The summed E-state index contributed by atoms with van der Waals surface area (Å²) in [6.07, 6.45) is 3.02. The highest BCUT2D eigenvalue weighted by Gasteiger charge is 2.10. The summed E-state index contributed by atoms with van der Waals surface area (Å²) in [4.78, 5) is 7.85. The summed E-state index contributed by atoms with van der Waals surface area (Å²) in [7, 11) is 2.01. The van der Waals surface area contributed by atoms with Gasteiger partial charge >= 0.3 is 0 Å². The van der Waals surface area contributed by atoms with Crippen LogP contribution in [-0.2, 0) is 13.1 Å². The topological polar surface area (TPSA) is 28.2 Å². The zero-order valence-electron chi connectivity index (χ0n) is 12.2. The minimum absolute atomic E-state index is 0.698. The average Bonchev–Trinajstić information content (AvgIpc) is 2.84. The van der Waals surface area contributed by atoms with Gasteiger partial charge in [0.05, 0.1) is 11.6 Å². The number of pyridine rings is 1. The maximum Gasteiger partial charge on any atom is 0.147 e. The fourth-order valence-corrected chi connectivity index (χ4v) is 3.84. The van der Waals surface area contributed by atoms with Gasteiger partial charge in [0.2, 0.25) is 0 Å². The van der Waals surface area contributed by atoms with Gasteiger partial charge < -0.3 is 10.2 Å². The van der Waals surface area contributed by atoms with Gasteiger partial charge in [-0.3, -0.25) is 0 Å². The molecule has 2 aromatic heterocycles. The van der Waals surface area contributed by atoms with E-state index in [1.165, 1.54) is 4.88 Å². The summed E-state index contributed by atoms with van der Waals surface area (Å²) in [5, 5.41) is 6.14. The van der Waals surface area contributed by atoms with Crippen LogP contribution in [0.25, 0.3) is 0 Å². The van der Waals surface area contributed by atoms with Gasteiger partial charge in [0.15, 0.2) is 0 Å². The molecule has 2 rings (SSSR count). The van der Waals surface area contributed by atoms with E-state index in [4.69, 9.17) is 11.6 Å². The van der Waals surface area contributed by atoms with E-state index in [1.807, 2.05) is 19.3 Å². The first-order chi connectivity index (χ1) is 10.1. The molecule has 0 aliphatic heterocycles. The predicted molar refractivity (Wildman–Crippen MR) is 95.4 cm³/mol. The van der Waals surface area contributed by atoms with Crippen LogP contribution >= 0.6 is 38.9 Å². The third kappa shape index (κ3) is 4.95. The highest BCUT2D eigenvalue weighted by Crippen LogP contribution is 2.27. The Morgan fingerprint density at radius 2 is 2.24 bits per heavy atom. The fourth-order valence-electron chi connectivity index (χ4n) is 2.00. The van der Waals surface area contributed by atoms with Crippen molar-refractivity contribution in [1.29, 1.82) is 0 Å². The van der Waals surface area contributed by atoms with Gasteiger partial charge in [-0.15, -0.1) is 11.3 Å². The van der Waals surface area contributed by atoms with E-state index >= 15 is 0 Å². The molecule has 0 bridgehead atoms. The van der Waals surface area contributed by atoms with Gasteiger partial charge in [-0.1, -0.05) is 18.5 Å². The summed E-state index contributed by atoms with van der Waals surface area (Å²) in [6, 6.07) is 4.12. The molecule has 0 saturated carbocycles. The lowest BCUT2D eigenvalue weighted by Gasteiger charge is -2.19. The minimum Gasteiger partial charge on any atom is -0.353 e. The van der Waals surface area contributed by atoms with E-state index in [0.717, 1.165) is 41.9 Å². The number of nitrogens with one attached hydrogen (secondary N) is 1. The van der Waals surface area contributed by atoms with Crippen molar-refractivity contribution >= 4 is 44.7 Å². The van der Waals surface area contributed by atoms with Crippen LogP contribution in [0, 0.1) is 0 Å². The Kier molecular flexibility index (Phi) is 6.48. The molecule has 0 aromatic carbocycles. The van der Waals surface area contributed by atoms with Crippen molar-refractivity contribution in [2.75, 3.05) is 18.5 Å². The summed E-state index contributed by atoms with van der Waals surface area (Å²) < 4.78 is 1.12. The highest BCUT2D eigenvalue weighted by atomic mass is 79.9. The molecule has 0 spiro atoms. The van der Waals surface area contributed by atoms with E-state index < -0.39 is 0 Å². The lowest BCUT2D eigenvalue weighted by atomic mass is 10.2. The van der Waals surface area contributed by atoms with E-state index in [0.29, 0.717) is 5.02 Å². The lowest BCUT2D eigenvalue weighted by Crippen LogP contribution is -2.18. The molecule has 0 unspecified atom stereocenters. The van der Waals surface area contributed by atoms with E-state index in [9.17, 15) is 0 Å². The molecule has 2 heterocycles. The molecule has 0 amide bonds. The Morgan fingerprint density at radius 1 is 1.43 bits per heavy atom. The molecule has 0 aliphatic rings. The Bertz CT molecular complexity index is 588. The molecular weight excluding hydrogens is 370 g/mol. The summed E-state index contributed by atoms with van der Waals surface area (Å²) >= 11 is 11.6.